The minimum absolute atomic E-state index is 0.411. The van der Waals surface area contributed by atoms with Gasteiger partial charge in [-0.05, 0) is 63.1 Å². The van der Waals surface area contributed by atoms with Gasteiger partial charge in [0, 0.05) is 17.5 Å². The van der Waals surface area contributed by atoms with Crippen molar-refractivity contribution in [2.45, 2.75) is 39.3 Å². The number of hydrogen-bond acceptors (Lipinski definition) is 5. The van der Waals surface area contributed by atoms with E-state index in [4.69, 9.17) is 14.1 Å². The van der Waals surface area contributed by atoms with E-state index in [0.717, 1.165) is 41.1 Å². The van der Waals surface area contributed by atoms with Crippen molar-refractivity contribution < 1.29 is 9.15 Å². The van der Waals surface area contributed by atoms with Crippen molar-refractivity contribution in [2.24, 2.45) is 0 Å². The van der Waals surface area contributed by atoms with Crippen LogP contribution in [0.3, 0.4) is 0 Å². The summed E-state index contributed by atoms with van der Waals surface area (Å²) >= 11 is 1.72. The first-order valence-electron chi connectivity index (χ1n) is 9.05. The maximum Gasteiger partial charge on any atom is 0.236 e. The Hall–Kier alpha value is -2.11. The summed E-state index contributed by atoms with van der Waals surface area (Å²) in [6.07, 6.45) is 2.37. The molecule has 0 amide bonds. The van der Waals surface area contributed by atoms with E-state index < -0.39 is 0 Å². The van der Waals surface area contributed by atoms with Gasteiger partial charge in [0.1, 0.15) is 11.5 Å². The van der Waals surface area contributed by atoms with E-state index in [9.17, 15) is 0 Å². The lowest BCUT2D eigenvalue weighted by Gasteiger charge is -2.24. The van der Waals surface area contributed by atoms with Crippen molar-refractivity contribution >= 4 is 11.3 Å². The van der Waals surface area contributed by atoms with Crippen LogP contribution in [0.25, 0.3) is 10.8 Å². The third-order valence-electron chi connectivity index (χ3n) is 5.04. The van der Waals surface area contributed by atoms with Crippen LogP contribution in [0.1, 0.15) is 40.8 Å². The second-order valence-corrected chi connectivity index (χ2v) is 8.13. The molecule has 1 fully saturated rings. The average Bonchev–Trinajstić information content (AvgIpc) is 3.36. The molecule has 3 aromatic rings. The summed E-state index contributed by atoms with van der Waals surface area (Å²) in [7, 11) is 1.72. The van der Waals surface area contributed by atoms with Crippen molar-refractivity contribution in [3.05, 3.63) is 58.3 Å². The summed E-state index contributed by atoms with van der Waals surface area (Å²) in [6, 6.07) is 13.0. The topological polar surface area (TPSA) is 38.5 Å². The molecule has 5 heteroatoms. The van der Waals surface area contributed by atoms with Crippen molar-refractivity contribution in [1.29, 1.82) is 0 Å². The van der Waals surface area contributed by atoms with Crippen LogP contribution in [0.2, 0.25) is 0 Å². The standard InChI is InChI=1S/C21H24N2O2S/c1-14-9-10-20(26-14)21-22-18(15(2)25-21)13-23-11-5-8-19(23)16-6-4-7-17(12-16)24-3/h4,6-7,9-10,12,19H,5,8,11,13H2,1-3H3/t19-/m0/s1. The van der Waals surface area contributed by atoms with Gasteiger partial charge < -0.3 is 9.15 Å². The van der Waals surface area contributed by atoms with Gasteiger partial charge in [0.05, 0.1) is 17.7 Å². The Morgan fingerprint density at radius 3 is 2.92 bits per heavy atom. The van der Waals surface area contributed by atoms with Gasteiger partial charge in [0.25, 0.3) is 0 Å². The van der Waals surface area contributed by atoms with Gasteiger partial charge in [-0.3, -0.25) is 4.90 Å². The number of hydrogen-bond donors (Lipinski definition) is 0. The number of oxazole rings is 1. The number of likely N-dealkylation sites (tertiary alicyclic amines) is 1. The van der Waals surface area contributed by atoms with E-state index in [0.29, 0.717) is 6.04 Å². The SMILES string of the molecule is COc1cccc([C@@H]2CCCN2Cc2nc(-c3ccc(C)s3)oc2C)c1. The summed E-state index contributed by atoms with van der Waals surface area (Å²) in [6.45, 7) is 6.03. The quantitative estimate of drug-likeness (QED) is 0.607. The zero-order chi connectivity index (χ0) is 18.1. The second kappa shape index (κ2) is 7.25. The summed E-state index contributed by atoms with van der Waals surface area (Å²) in [5, 5.41) is 0. The normalized spacial score (nSPS) is 17.7. The van der Waals surface area contributed by atoms with Crippen molar-refractivity contribution in [3.63, 3.8) is 0 Å². The van der Waals surface area contributed by atoms with E-state index in [-0.39, 0.29) is 0 Å². The highest BCUT2D eigenvalue weighted by molar-refractivity contribution is 7.15. The molecule has 0 saturated carbocycles. The fourth-order valence-electron chi connectivity index (χ4n) is 3.66. The Morgan fingerprint density at radius 2 is 2.15 bits per heavy atom. The van der Waals surface area contributed by atoms with Crippen LogP contribution >= 0.6 is 11.3 Å². The lowest BCUT2D eigenvalue weighted by molar-refractivity contribution is 0.244. The van der Waals surface area contributed by atoms with Crippen LogP contribution < -0.4 is 4.74 Å². The van der Waals surface area contributed by atoms with Gasteiger partial charge in [-0.1, -0.05) is 12.1 Å². The van der Waals surface area contributed by atoms with Gasteiger partial charge in [0.2, 0.25) is 5.89 Å². The fraction of sp³-hybridized carbons (Fsp3) is 0.381. The number of nitrogens with zero attached hydrogens (tertiary/aromatic N) is 2. The number of benzene rings is 1. The largest absolute Gasteiger partial charge is 0.497 e. The fourth-order valence-corrected chi connectivity index (χ4v) is 4.46. The van der Waals surface area contributed by atoms with Crippen LogP contribution in [0.15, 0.2) is 40.8 Å². The molecule has 136 valence electrons. The van der Waals surface area contributed by atoms with Crippen LogP contribution in [-0.4, -0.2) is 23.5 Å². The summed E-state index contributed by atoms with van der Waals surface area (Å²) < 4.78 is 11.4. The maximum atomic E-state index is 5.95. The molecule has 26 heavy (non-hydrogen) atoms. The predicted molar refractivity (Wildman–Crippen MR) is 105 cm³/mol. The van der Waals surface area contributed by atoms with Crippen LogP contribution in [0, 0.1) is 13.8 Å². The van der Waals surface area contributed by atoms with E-state index in [1.165, 1.54) is 23.3 Å². The lowest BCUT2D eigenvalue weighted by atomic mass is 10.0. The van der Waals surface area contributed by atoms with E-state index in [2.05, 4.69) is 42.2 Å². The first-order chi connectivity index (χ1) is 12.6. The number of aromatic nitrogens is 1. The second-order valence-electron chi connectivity index (χ2n) is 6.84. The van der Waals surface area contributed by atoms with Gasteiger partial charge in [-0.25, -0.2) is 4.98 Å². The van der Waals surface area contributed by atoms with Crippen LogP contribution in [0.5, 0.6) is 5.75 Å². The molecule has 0 bridgehead atoms. The molecule has 1 aliphatic heterocycles. The highest BCUT2D eigenvalue weighted by atomic mass is 32.1. The molecule has 0 spiro atoms. The molecular formula is C21H24N2O2S. The monoisotopic (exact) mass is 368 g/mol. The van der Waals surface area contributed by atoms with Crippen LogP contribution in [-0.2, 0) is 6.54 Å². The van der Waals surface area contributed by atoms with Gasteiger partial charge in [0.15, 0.2) is 0 Å². The summed E-state index contributed by atoms with van der Waals surface area (Å²) in [4.78, 5) is 9.67. The molecule has 1 atom stereocenters. The predicted octanol–water partition coefficient (Wildman–Crippen LogP) is 5.37. The van der Waals surface area contributed by atoms with E-state index in [1.54, 1.807) is 18.4 Å². The Balaban J connectivity index is 1.55. The highest BCUT2D eigenvalue weighted by Crippen LogP contribution is 2.35. The molecule has 2 aromatic heterocycles. The van der Waals surface area contributed by atoms with E-state index in [1.807, 2.05) is 13.0 Å². The molecule has 1 saturated heterocycles. The molecule has 0 unspecified atom stereocenters. The number of methoxy groups -OCH3 is 1. The molecule has 4 nitrogen and oxygen atoms in total. The molecule has 0 N–H and O–H groups in total. The third kappa shape index (κ3) is 3.41. The number of aryl methyl sites for hydroxylation is 2. The molecular weight excluding hydrogens is 344 g/mol. The minimum atomic E-state index is 0.411. The van der Waals surface area contributed by atoms with Crippen molar-refractivity contribution in [3.8, 4) is 16.5 Å². The first-order valence-corrected chi connectivity index (χ1v) is 9.87. The van der Waals surface area contributed by atoms with Gasteiger partial charge in [-0.15, -0.1) is 11.3 Å². The number of rotatable bonds is 5. The lowest BCUT2D eigenvalue weighted by Crippen LogP contribution is -2.23. The molecule has 1 aromatic carbocycles. The average molecular weight is 369 g/mol. The van der Waals surface area contributed by atoms with E-state index >= 15 is 0 Å². The number of thiophene rings is 1. The zero-order valence-corrected chi connectivity index (χ0v) is 16.3. The Bertz CT molecular complexity index is 899. The molecule has 0 aliphatic carbocycles. The molecule has 3 heterocycles. The minimum Gasteiger partial charge on any atom is -0.497 e. The summed E-state index contributed by atoms with van der Waals surface area (Å²) in [5.74, 6) is 2.58. The van der Waals surface area contributed by atoms with Gasteiger partial charge >= 0.3 is 0 Å². The Kier molecular flexibility index (Phi) is 4.83. The molecule has 4 rings (SSSR count). The number of ether oxygens (including phenoxy) is 1. The van der Waals surface area contributed by atoms with Crippen molar-refractivity contribution in [2.75, 3.05) is 13.7 Å². The van der Waals surface area contributed by atoms with Crippen molar-refractivity contribution in [1.82, 2.24) is 9.88 Å². The zero-order valence-electron chi connectivity index (χ0n) is 15.5. The molecule has 1 aliphatic rings. The maximum absolute atomic E-state index is 5.95. The first kappa shape index (κ1) is 17.3. The van der Waals surface area contributed by atoms with Crippen LogP contribution in [0.4, 0.5) is 0 Å². The third-order valence-corrected chi connectivity index (χ3v) is 6.03. The smallest absolute Gasteiger partial charge is 0.236 e. The Labute approximate surface area is 158 Å². The Morgan fingerprint density at radius 1 is 1.27 bits per heavy atom. The summed E-state index contributed by atoms with van der Waals surface area (Å²) in [5.41, 5.74) is 2.36. The highest BCUT2D eigenvalue weighted by Gasteiger charge is 2.28. The molecule has 0 radical (unpaired) electrons. The van der Waals surface area contributed by atoms with Gasteiger partial charge in [-0.2, -0.15) is 0 Å².